The number of halogens is 2. The number of hydrogen-bond donors (Lipinski definition) is 7. The number of nitrogens with zero attached hydrogens (tertiary/aromatic N) is 9. The standard InChI is InChI=1S/C64H79ClFN15O12/c1-67-63(88)48-6-3-4-8-52(48)74-62-50(65)39-71-64(75-62)73-45-10-12-46(13-11-45)79-23-21-78(22-24-79)25-27-90-29-31-92-33-35-93-34-32-91-30-28-89-26-18-68-55(82)14-15-58(85)80-19-16-43(17-20-80)61-60-47(49-37-54-44(36-51(49)66)38-72-77(54)2)7-5-9-53(60)81(76-61)42-57(84)69-40-56(83)70-41-59(86)87/h3-13,36-39,43H,14-35,40-42H2,1-2H3,(H,67,88)(H,68,82)(H,69,84)(H,70,83)(H,86,87)(H2,71,73,74,75). The number of carbonyl (C=O) groups is 6. The first-order chi connectivity index (χ1) is 45.2. The molecule has 496 valence electrons. The van der Waals surface area contributed by atoms with E-state index in [-0.39, 0.29) is 56.2 Å². The van der Waals surface area contributed by atoms with Gasteiger partial charge >= 0.3 is 5.97 Å². The molecular formula is C64H79ClFN15O12. The van der Waals surface area contributed by atoms with Gasteiger partial charge in [0.25, 0.3) is 5.91 Å². The van der Waals surface area contributed by atoms with Gasteiger partial charge < -0.3 is 70.5 Å². The molecule has 29 heteroatoms. The van der Waals surface area contributed by atoms with Crippen molar-refractivity contribution in [2.24, 2.45) is 7.05 Å². The van der Waals surface area contributed by atoms with Crippen LogP contribution >= 0.6 is 11.6 Å². The summed E-state index contributed by atoms with van der Waals surface area (Å²) in [5.41, 5.74) is 5.80. The third-order valence-electron chi connectivity index (χ3n) is 15.8. The lowest BCUT2D eigenvalue weighted by atomic mass is 9.88. The summed E-state index contributed by atoms with van der Waals surface area (Å²) in [4.78, 5) is 89.8. The predicted octanol–water partition coefficient (Wildman–Crippen LogP) is 4.84. The molecule has 0 radical (unpaired) electrons. The SMILES string of the molecule is CNC(=O)c1ccccc1Nc1nc(Nc2ccc(N3CCN(CCOCCOCCOCCOCCOCCNC(=O)CCC(=O)N4CCC(c5nn(CC(=O)NCC(=O)NCC(=O)O)c6cccc(-c7cc8c(cnn8C)cc7F)c56)CC4)CC3)cc2)ncc1Cl. The number of aliphatic carboxylic acids is 1. The Bertz CT molecular complexity index is 3670. The van der Waals surface area contributed by atoms with E-state index in [9.17, 15) is 28.8 Å². The summed E-state index contributed by atoms with van der Waals surface area (Å²) < 4.78 is 47.4. The molecule has 4 aromatic carbocycles. The number of amides is 5. The summed E-state index contributed by atoms with van der Waals surface area (Å²) in [6.07, 6.45) is 4.19. The van der Waals surface area contributed by atoms with Crippen LogP contribution in [0.1, 0.15) is 47.7 Å². The van der Waals surface area contributed by atoms with Crippen molar-refractivity contribution >= 4 is 97.7 Å². The normalized spacial score (nSPS) is 13.7. The highest BCUT2D eigenvalue weighted by molar-refractivity contribution is 6.33. The summed E-state index contributed by atoms with van der Waals surface area (Å²) >= 11 is 6.41. The number of ether oxygens (including phenoxy) is 5. The number of fused-ring (bicyclic) bond motifs is 2. The monoisotopic (exact) mass is 1300 g/mol. The van der Waals surface area contributed by atoms with Crippen molar-refractivity contribution in [3.05, 3.63) is 113 Å². The quantitative estimate of drug-likeness (QED) is 0.0261. The van der Waals surface area contributed by atoms with E-state index in [0.717, 1.165) is 49.6 Å². The van der Waals surface area contributed by atoms with E-state index >= 15 is 4.39 Å². The number of aromatic nitrogens is 6. The highest BCUT2D eigenvalue weighted by atomic mass is 35.5. The Morgan fingerprint density at radius 1 is 0.688 bits per heavy atom. The van der Waals surface area contributed by atoms with E-state index in [0.29, 0.717) is 147 Å². The van der Waals surface area contributed by atoms with Crippen molar-refractivity contribution in [3.8, 4) is 11.1 Å². The lowest BCUT2D eigenvalue weighted by Crippen LogP contribution is -2.47. The zero-order valence-electron chi connectivity index (χ0n) is 52.1. The number of piperazine rings is 1. The van der Waals surface area contributed by atoms with Crippen LogP contribution in [0.4, 0.5) is 33.2 Å². The molecule has 3 aromatic heterocycles. The Morgan fingerprint density at radius 2 is 1.37 bits per heavy atom. The number of likely N-dealkylation sites (tertiary alicyclic amines) is 1. The molecule has 7 aromatic rings. The van der Waals surface area contributed by atoms with Crippen molar-refractivity contribution < 1.29 is 61.9 Å². The first-order valence-electron chi connectivity index (χ1n) is 31.0. The lowest BCUT2D eigenvalue weighted by molar-refractivity contribution is -0.137. The van der Waals surface area contributed by atoms with Crippen molar-refractivity contribution in [1.29, 1.82) is 0 Å². The molecule has 5 amide bonds. The maximum atomic E-state index is 15.9. The number of nitrogens with one attached hydrogen (secondary N) is 6. The number of benzene rings is 4. The van der Waals surface area contributed by atoms with Crippen LogP contribution in [0.15, 0.2) is 91.3 Å². The largest absolute Gasteiger partial charge is 0.480 e. The smallest absolute Gasteiger partial charge is 0.322 e. The number of aryl methyl sites for hydroxylation is 1. The topological polar surface area (TPSA) is 312 Å². The fourth-order valence-corrected chi connectivity index (χ4v) is 11.0. The van der Waals surface area contributed by atoms with Gasteiger partial charge in [-0.25, -0.2) is 9.37 Å². The van der Waals surface area contributed by atoms with Crippen LogP contribution in [0.25, 0.3) is 32.9 Å². The maximum Gasteiger partial charge on any atom is 0.322 e. The average Bonchev–Trinajstić information content (AvgIpc) is 1.63. The van der Waals surface area contributed by atoms with Crippen LogP contribution in [0.2, 0.25) is 5.02 Å². The minimum absolute atomic E-state index is 0.0158. The van der Waals surface area contributed by atoms with Crippen LogP contribution in [-0.4, -0.2) is 219 Å². The second kappa shape index (κ2) is 34.7. The first-order valence-corrected chi connectivity index (χ1v) is 31.3. The van der Waals surface area contributed by atoms with Gasteiger partial charge in [0.1, 0.15) is 23.9 Å². The predicted molar refractivity (Wildman–Crippen MR) is 346 cm³/mol. The molecule has 2 aliphatic rings. The second-order valence-electron chi connectivity index (χ2n) is 22.1. The molecular weight excluding hydrogens is 1230 g/mol. The van der Waals surface area contributed by atoms with Crippen molar-refractivity contribution in [1.82, 2.24) is 60.6 Å². The van der Waals surface area contributed by atoms with Gasteiger partial charge in [0.05, 0.1) is 113 Å². The molecule has 0 atom stereocenters. The summed E-state index contributed by atoms with van der Waals surface area (Å²) in [5.74, 6) is -2.98. The van der Waals surface area contributed by atoms with Gasteiger partial charge in [-0.1, -0.05) is 35.9 Å². The Labute approximate surface area is 541 Å². The van der Waals surface area contributed by atoms with E-state index in [1.807, 2.05) is 18.2 Å². The Morgan fingerprint density at radius 3 is 2.06 bits per heavy atom. The summed E-state index contributed by atoms with van der Waals surface area (Å²) in [7, 11) is 3.35. The number of carboxylic acids is 1. The van der Waals surface area contributed by atoms with Gasteiger partial charge in [-0.15, -0.1) is 0 Å². The fraction of sp³-hybridized carbons (Fsp3) is 0.438. The molecule has 2 aliphatic heterocycles. The molecule has 0 saturated carbocycles. The number of hydrogen-bond acceptors (Lipinski definition) is 19. The average molecular weight is 1300 g/mol. The van der Waals surface area contributed by atoms with Gasteiger partial charge in [0, 0.05) is 113 Å². The molecule has 0 spiro atoms. The van der Waals surface area contributed by atoms with Gasteiger partial charge in [-0.2, -0.15) is 15.2 Å². The molecule has 5 heterocycles. The maximum absolute atomic E-state index is 15.9. The molecule has 93 heavy (non-hydrogen) atoms. The molecule has 0 unspecified atom stereocenters. The zero-order chi connectivity index (χ0) is 65.5. The highest BCUT2D eigenvalue weighted by Crippen LogP contribution is 2.40. The lowest BCUT2D eigenvalue weighted by Gasteiger charge is -2.36. The first kappa shape index (κ1) is 68.5. The number of anilines is 5. The van der Waals surface area contributed by atoms with Crippen molar-refractivity contribution in [2.75, 3.05) is 154 Å². The molecule has 7 N–H and O–H groups in total. The van der Waals surface area contributed by atoms with Crippen LogP contribution in [-0.2, 0) is 61.2 Å². The molecule has 2 saturated heterocycles. The minimum atomic E-state index is -1.22. The van der Waals surface area contributed by atoms with Crippen LogP contribution < -0.4 is 36.8 Å². The third kappa shape index (κ3) is 19.8. The molecule has 0 bridgehead atoms. The Hall–Kier alpha value is -8.90. The highest BCUT2D eigenvalue weighted by Gasteiger charge is 2.30. The minimum Gasteiger partial charge on any atom is -0.480 e. The summed E-state index contributed by atoms with van der Waals surface area (Å²) in [6.45, 7) is 8.49. The number of rotatable bonds is 35. The van der Waals surface area contributed by atoms with E-state index < -0.39 is 36.7 Å². The van der Waals surface area contributed by atoms with Gasteiger partial charge in [-0.3, -0.25) is 43.0 Å². The van der Waals surface area contributed by atoms with Crippen LogP contribution in [0.3, 0.4) is 0 Å². The van der Waals surface area contributed by atoms with Crippen molar-refractivity contribution in [2.45, 2.75) is 38.1 Å². The Balaban J connectivity index is 0.574. The molecule has 2 fully saturated rings. The zero-order valence-corrected chi connectivity index (χ0v) is 52.9. The number of carboxylic acid groups (broad SMARTS) is 1. The summed E-state index contributed by atoms with van der Waals surface area (Å²) in [5, 5.41) is 36.2. The van der Waals surface area contributed by atoms with Crippen LogP contribution in [0.5, 0.6) is 0 Å². The van der Waals surface area contributed by atoms with E-state index in [2.05, 4.69) is 68.9 Å². The second-order valence-corrected chi connectivity index (χ2v) is 22.5. The number of para-hydroxylation sites is 1. The van der Waals surface area contributed by atoms with Gasteiger partial charge in [0.15, 0.2) is 5.82 Å². The van der Waals surface area contributed by atoms with E-state index in [1.165, 1.54) is 16.9 Å². The number of piperidine rings is 1. The fourth-order valence-electron chi connectivity index (χ4n) is 10.9. The van der Waals surface area contributed by atoms with E-state index in [4.69, 9.17) is 45.5 Å². The summed E-state index contributed by atoms with van der Waals surface area (Å²) in [6, 6.07) is 23.8. The van der Waals surface area contributed by atoms with Crippen molar-refractivity contribution in [3.63, 3.8) is 0 Å². The van der Waals surface area contributed by atoms with Gasteiger partial charge in [-0.05, 0) is 73.0 Å². The Kier molecular flexibility index (Phi) is 25.5. The van der Waals surface area contributed by atoms with E-state index in [1.54, 1.807) is 72.3 Å². The third-order valence-corrected chi connectivity index (χ3v) is 16.0. The molecule has 27 nitrogen and oxygen atoms in total. The van der Waals surface area contributed by atoms with Gasteiger partial charge in [0.2, 0.25) is 29.6 Å². The molecule has 9 rings (SSSR count). The van der Waals surface area contributed by atoms with Crippen LogP contribution in [0, 0.1) is 5.82 Å². The number of carbonyl (C=O) groups excluding carboxylic acids is 5. The molecule has 0 aliphatic carbocycles.